The molecule has 0 bridgehead atoms. The van der Waals surface area contributed by atoms with Crippen molar-refractivity contribution >= 4 is 12.4 Å². The SMILES string of the molecule is COc1cc2c(cc1OC)C(NC(C)C)CCCC2.Cl. The molecule has 1 aromatic carbocycles. The van der Waals surface area contributed by atoms with Crippen LogP contribution in [0.3, 0.4) is 0 Å². The summed E-state index contributed by atoms with van der Waals surface area (Å²) in [6.07, 6.45) is 4.84. The summed E-state index contributed by atoms with van der Waals surface area (Å²) in [5.41, 5.74) is 2.78. The number of methoxy groups -OCH3 is 2. The van der Waals surface area contributed by atoms with Gasteiger partial charge in [0.25, 0.3) is 0 Å². The molecular weight excluding hydrogens is 274 g/mol. The molecule has 0 radical (unpaired) electrons. The van der Waals surface area contributed by atoms with Gasteiger partial charge >= 0.3 is 0 Å². The van der Waals surface area contributed by atoms with Crippen LogP contribution in [0.4, 0.5) is 0 Å². The van der Waals surface area contributed by atoms with Gasteiger partial charge in [0.1, 0.15) is 0 Å². The molecule has 1 N–H and O–H groups in total. The quantitative estimate of drug-likeness (QED) is 0.856. The van der Waals surface area contributed by atoms with Crippen molar-refractivity contribution in [2.24, 2.45) is 0 Å². The highest BCUT2D eigenvalue weighted by Crippen LogP contribution is 2.37. The Bertz CT molecular complexity index is 435. The Hall–Kier alpha value is -0.930. The molecule has 20 heavy (non-hydrogen) atoms. The highest BCUT2D eigenvalue weighted by Gasteiger charge is 2.21. The third-order valence-corrected chi connectivity index (χ3v) is 3.74. The van der Waals surface area contributed by atoms with Crippen molar-refractivity contribution in [1.29, 1.82) is 0 Å². The number of hydrogen-bond acceptors (Lipinski definition) is 3. The smallest absolute Gasteiger partial charge is 0.161 e. The monoisotopic (exact) mass is 299 g/mol. The van der Waals surface area contributed by atoms with Crippen molar-refractivity contribution in [1.82, 2.24) is 5.32 Å². The minimum atomic E-state index is 0. The van der Waals surface area contributed by atoms with E-state index >= 15 is 0 Å². The van der Waals surface area contributed by atoms with E-state index in [2.05, 4.69) is 31.3 Å². The zero-order valence-electron chi connectivity index (χ0n) is 12.9. The lowest BCUT2D eigenvalue weighted by Crippen LogP contribution is -2.28. The second-order valence-electron chi connectivity index (χ2n) is 5.53. The van der Waals surface area contributed by atoms with Crippen LogP contribution < -0.4 is 14.8 Å². The van der Waals surface area contributed by atoms with Gasteiger partial charge in [-0.1, -0.05) is 20.3 Å². The van der Waals surface area contributed by atoms with E-state index < -0.39 is 0 Å². The standard InChI is InChI=1S/C16H25NO2.ClH/c1-11(2)17-14-8-6-5-7-12-9-15(18-3)16(19-4)10-13(12)14;/h9-11,14,17H,5-8H2,1-4H3;1H. The van der Waals surface area contributed by atoms with Crippen molar-refractivity contribution in [3.63, 3.8) is 0 Å². The molecule has 1 atom stereocenters. The predicted molar refractivity (Wildman–Crippen MR) is 85.4 cm³/mol. The van der Waals surface area contributed by atoms with Crippen LogP contribution in [-0.2, 0) is 6.42 Å². The summed E-state index contributed by atoms with van der Waals surface area (Å²) in [6, 6.07) is 5.22. The van der Waals surface area contributed by atoms with Gasteiger partial charge < -0.3 is 14.8 Å². The zero-order chi connectivity index (χ0) is 13.8. The van der Waals surface area contributed by atoms with Gasteiger partial charge in [-0.15, -0.1) is 12.4 Å². The largest absolute Gasteiger partial charge is 0.493 e. The van der Waals surface area contributed by atoms with E-state index in [4.69, 9.17) is 9.47 Å². The number of nitrogens with one attached hydrogen (secondary N) is 1. The number of ether oxygens (including phenoxy) is 2. The van der Waals surface area contributed by atoms with E-state index in [0.29, 0.717) is 12.1 Å². The third-order valence-electron chi connectivity index (χ3n) is 3.74. The summed E-state index contributed by atoms with van der Waals surface area (Å²) >= 11 is 0. The van der Waals surface area contributed by atoms with Crippen molar-refractivity contribution in [3.05, 3.63) is 23.3 Å². The molecule has 0 saturated carbocycles. The van der Waals surface area contributed by atoms with Crippen molar-refractivity contribution in [3.8, 4) is 11.5 Å². The average Bonchev–Trinajstić information content (AvgIpc) is 2.59. The van der Waals surface area contributed by atoms with E-state index in [1.807, 2.05) is 0 Å². The molecule has 1 aliphatic carbocycles. The number of fused-ring (bicyclic) bond motifs is 1. The van der Waals surface area contributed by atoms with Crippen LogP contribution in [0.25, 0.3) is 0 Å². The molecule has 3 nitrogen and oxygen atoms in total. The minimum Gasteiger partial charge on any atom is -0.493 e. The van der Waals surface area contributed by atoms with Gasteiger partial charge in [-0.05, 0) is 42.5 Å². The summed E-state index contributed by atoms with van der Waals surface area (Å²) < 4.78 is 10.9. The number of rotatable bonds is 4. The lowest BCUT2D eigenvalue weighted by atomic mass is 9.97. The Balaban J connectivity index is 0.00000200. The van der Waals surface area contributed by atoms with Crippen LogP contribution in [0.1, 0.15) is 50.3 Å². The van der Waals surface area contributed by atoms with Gasteiger partial charge in [0, 0.05) is 12.1 Å². The van der Waals surface area contributed by atoms with Gasteiger partial charge in [0.2, 0.25) is 0 Å². The minimum absolute atomic E-state index is 0. The molecule has 0 saturated heterocycles. The first-order valence-corrected chi connectivity index (χ1v) is 7.16. The van der Waals surface area contributed by atoms with Crippen LogP contribution in [0, 0.1) is 0 Å². The molecule has 1 aromatic rings. The van der Waals surface area contributed by atoms with Crippen LogP contribution in [0.5, 0.6) is 11.5 Å². The van der Waals surface area contributed by atoms with E-state index in [1.54, 1.807) is 14.2 Å². The van der Waals surface area contributed by atoms with Gasteiger partial charge in [-0.2, -0.15) is 0 Å². The topological polar surface area (TPSA) is 30.5 Å². The maximum absolute atomic E-state index is 5.44. The molecule has 2 rings (SSSR count). The van der Waals surface area contributed by atoms with E-state index in [-0.39, 0.29) is 12.4 Å². The first kappa shape index (κ1) is 17.1. The number of benzene rings is 1. The second-order valence-corrected chi connectivity index (χ2v) is 5.53. The Morgan fingerprint density at radius 3 is 2.35 bits per heavy atom. The molecule has 0 aromatic heterocycles. The molecule has 0 aliphatic heterocycles. The Morgan fingerprint density at radius 2 is 1.75 bits per heavy atom. The Labute approximate surface area is 128 Å². The van der Waals surface area contributed by atoms with E-state index in [1.165, 1.54) is 30.4 Å². The lowest BCUT2D eigenvalue weighted by Gasteiger charge is -2.23. The van der Waals surface area contributed by atoms with Crippen LogP contribution >= 0.6 is 12.4 Å². The third kappa shape index (κ3) is 3.80. The number of halogens is 1. The zero-order valence-corrected chi connectivity index (χ0v) is 13.7. The van der Waals surface area contributed by atoms with Crippen LogP contribution in [-0.4, -0.2) is 20.3 Å². The first-order chi connectivity index (χ1) is 9.15. The van der Waals surface area contributed by atoms with E-state index in [0.717, 1.165) is 17.9 Å². The molecule has 1 aliphatic rings. The molecule has 4 heteroatoms. The summed E-state index contributed by atoms with van der Waals surface area (Å²) in [5, 5.41) is 3.67. The van der Waals surface area contributed by atoms with Crippen LogP contribution in [0.15, 0.2) is 12.1 Å². The van der Waals surface area contributed by atoms with Gasteiger partial charge in [0.05, 0.1) is 14.2 Å². The molecule has 1 unspecified atom stereocenters. The van der Waals surface area contributed by atoms with E-state index in [9.17, 15) is 0 Å². The van der Waals surface area contributed by atoms with Crippen molar-refractivity contribution in [2.45, 2.75) is 51.6 Å². The fourth-order valence-corrected chi connectivity index (χ4v) is 2.87. The second kappa shape index (κ2) is 7.75. The molecule has 0 amide bonds. The molecule has 0 spiro atoms. The highest BCUT2D eigenvalue weighted by atomic mass is 35.5. The van der Waals surface area contributed by atoms with Crippen molar-refractivity contribution in [2.75, 3.05) is 14.2 Å². The van der Waals surface area contributed by atoms with Crippen LogP contribution in [0.2, 0.25) is 0 Å². The van der Waals surface area contributed by atoms with Crippen molar-refractivity contribution < 1.29 is 9.47 Å². The summed E-state index contributed by atoms with van der Waals surface area (Å²) in [5.74, 6) is 1.67. The van der Waals surface area contributed by atoms with Gasteiger partial charge in [0.15, 0.2) is 11.5 Å². The summed E-state index contributed by atoms with van der Waals surface area (Å²) in [4.78, 5) is 0. The fourth-order valence-electron chi connectivity index (χ4n) is 2.87. The normalized spacial score (nSPS) is 17.9. The molecule has 0 heterocycles. The lowest BCUT2D eigenvalue weighted by molar-refractivity contribution is 0.353. The molecular formula is C16H26ClNO2. The molecule has 114 valence electrons. The summed E-state index contributed by atoms with van der Waals surface area (Å²) in [7, 11) is 3.40. The van der Waals surface area contributed by atoms with Gasteiger partial charge in [-0.25, -0.2) is 0 Å². The van der Waals surface area contributed by atoms with Gasteiger partial charge in [-0.3, -0.25) is 0 Å². The Kier molecular flexibility index (Phi) is 6.63. The molecule has 0 fully saturated rings. The number of hydrogen-bond donors (Lipinski definition) is 1. The summed E-state index contributed by atoms with van der Waals surface area (Å²) in [6.45, 7) is 4.40. The maximum atomic E-state index is 5.44. The predicted octanol–water partition coefficient (Wildman–Crippen LogP) is 3.89. The maximum Gasteiger partial charge on any atom is 0.161 e. The Morgan fingerprint density at radius 1 is 1.10 bits per heavy atom. The first-order valence-electron chi connectivity index (χ1n) is 7.16. The fraction of sp³-hybridized carbons (Fsp3) is 0.625. The number of aryl methyl sites for hydroxylation is 1. The highest BCUT2D eigenvalue weighted by molar-refractivity contribution is 5.85. The average molecular weight is 300 g/mol.